The summed E-state index contributed by atoms with van der Waals surface area (Å²) in [5.41, 5.74) is 11.8. The van der Waals surface area contributed by atoms with Crippen LogP contribution in [0.5, 0.6) is 0 Å². The molecule has 0 atom stereocenters. The van der Waals surface area contributed by atoms with Crippen LogP contribution >= 0.6 is 168 Å². The molecule has 36 heteroatoms. The molecule has 0 saturated carbocycles. The second-order valence-corrected chi connectivity index (χ2v) is 54.2. The van der Waals surface area contributed by atoms with E-state index in [2.05, 4.69) is 58.2 Å². The number of hydrogen-bond acceptors (Lipinski definition) is 20. The Morgan fingerprint density at radius 2 is 0.628 bits per heavy atom. The summed E-state index contributed by atoms with van der Waals surface area (Å²) in [6, 6.07) is 96.4. The molecule has 1 aromatic heterocycles. The number of carbonyl (C=O) groups is 1. The second kappa shape index (κ2) is 57.0. The fraction of sp³-hybridized carbons (Fsp3) is 0.174. The molecule has 0 aliphatic rings. The third-order valence-electron chi connectivity index (χ3n) is 21.3. The van der Waals surface area contributed by atoms with Crippen molar-refractivity contribution in [3.63, 3.8) is 0 Å². The SMILES string of the molecule is CCCc1ccc(S(=O)(=O)Cc2cc(Cl)ccc2SCCC#N)cc1.CSc1ccc(Cl)cc1CS(=O)(=O)c1c[nH]c(C)c1.CSc1ccc(Cl)cc1CS(=O)(=O)c1ccc(C)cc1.Cc1ccc(S(=O)(=O)Cc2cc(Cl)ccc2SCc2ccccc2)cc1.O=C(O)c1ccc(CSc2ccc(Cl)cc2CS(=O)(=O)c2ccc(Cl)cc2)cc1.O=S(=O)(Cc1cc(Cl)ccc1SCc1ccccc1)c1ccccc1Br. The Kier molecular flexibility index (Phi) is 46.6. The van der Waals surface area contributed by atoms with Gasteiger partial charge in [0, 0.05) is 110 Å². The van der Waals surface area contributed by atoms with Crippen molar-refractivity contribution in [3.8, 4) is 6.07 Å². The zero-order valence-electron chi connectivity index (χ0n) is 79.0. The second-order valence-electron chi connectivity index (χ2n) is 32.5. The number of nitrogens with one attached hydrogen (secondary N) is 1. The minimum Gasteiger partial charge on any atom is -0.478 e. The number of thioether (sulfide) groups is 6. The molecule has 758 valence electrons. The van der Waals surface area contributed by atoms with Gasteiger partial charge in [0.25, 0.3) is 0 Å². The summed E-state index contributed by atoms with van der Waals surface area (Å²) in [4.78, 5) is 21.0. The lowest BCUT2D eigenvalue weighted by molar-refractivity contribution is 0.0696. The number of hydrogen-bond donors (Lipinski definition) is 2. The van der Waals surface area contributed by atoms with E-state index in [4.69, 9.17) is 91.6 Å². The van der Waals surface area contributed by atoms with Crippen molar-refractivity contribution in [1.29, 1.82) is 5.26 Å². The number of benzene rings is 14. The molecule has 2 N–H and O–H groups in total. The van der Waals surface area contributed by atoms with Gasteiger partial charge in [0.15, 0.2) is 59.0 Å². The molecule has 0 bridgehead atoms. The highest BCUT2D eigenvalue weighted by atomic mass is 79.9. The van der Waals surface area contributed by atoms with Gasteiger partial charge in [-0.3, -0.25) is 0 Å². The van der Waals surface area contributed by atoms with Crippen molar-refractivity contribution in [1.82, 2.24) is 4.98 Å². The maximum absolute atomic E-state index is 12.9. The van der Waals surface area contributed by atoms with Gasteiger partial charge in [-0.15, -0.1) is 70.6 Å². The van der Waals surface area contributed by atoms with Gasteiger partial charge < -0.3 is 10.1 Å². The molecule has 0 fully saturated rings. The van der Waals surface area contributed by atoms with Crippen molar-refractivity contribution in [3.05, 3.63) is 445 Å². The lowest BCUT2D eigenvalue weighted by Gasteiger charge is -2.12. The topological polar surface area (TPSA) is 282 Å². The van der Waals surface area contributed by atoms with Crippen molar-refractivity contribution < 1.29 is 60.4 Å². The highest BCUT2D eigenvalue weighted by Gasteiger charge is 2.27. The number of nitriles is 1. The number of H-pyrrole nitrogens is 1. The van der Waals surface area contributed by atoms with Crippen LogP contribution in [0.15, 0.2) is 391 Å². The van der Waals surface area contributed by atoms with Gasteiger partial charge in [-0.05, 0) is 311 Å². The van der Waals surface area contributed by atoms with Crippen molar-refractivity contribution in [2.24, 2.45) is 0 Å². The number of halogens is 8. The molecule has 0 unspecified atom stereocenters. The van der Waals surface area contributed by atoms with Crippen LogP contribution in [0.25, 0.3) is 0 Å². The Hall–Kier alpha value is -8.37. The summed E-state index contributed by atoms with van der Waals surface area (Å²) in [5.74, 6) is 1.24. The van der Waals surface area contributed by atoms with Gasteiger partial charge in [0.05, 0.1) is 75.5 Å². The van der Waals surface area contributed by atoms with E-state index in [1.165, 1.54) is 76.5 Å². The predicted octanol–water partition coefficient (Wildman–Crippen LogP) is 31.5. The average Bonchev–Trinajstić information content (AvgIpc) is 1.78. The Labute approximate surface area is 920 Å². The lowest BCUT2D eigenvalue weighted by Crippen LogP contribution is -2.06. The third-order valence-corrected chi connectivity index (χ3v) is 40.3. The van der Waals surface area contributed by atoms with Crippen LogP contribution in [-0.2, 0) is 117 Å². The Balaban J connectivity index is 0.000000179. The predicted molar refractivity (Wildman–Crippen MR) is 607 cm³/mol. The molecular weight excluding hydrogens is 2270 g/mol. The minimum atomic E-state index is -3.56. The van der Waals surface area contributed by atoms with E-state index < -0.39 is 65.0 Å². The van der Waals surface area contributed by atoms with Crippen molar-refractivity contribution >= 4 is 233 Å². The fourth-order valence-electron chi connectivity index (χ4n) is 13.9. The van der Waals surface area contributed by atoms with E-state index in [1.54, 1.807) is 218 Å². The van der Waals surface area contributed by atoms with E-state index in [1.807, 2.05) is 124 Å². The van der Waals surface area contributed by atoms with Crippen LogP contribution in [0.3, 0.4) is 0 Å². The smallest absolute Gasteiger partial charge is 0.335 e. The summed E-state index contributed by atoms with van der Waals surface area (Å²) >= 11 is 54.7. The number of carboxylic acid groups (broad SMARTS) is 1. The molecule has 1 heterocycles. The van der Waals surface area contributed by atoms with Gasteiger partial charge in [0.1, 0.15) is 0 Å². The number of aryl methyl sites for hydroxylation is 4. The summed E-state index contributed by atoms with van der Waals surface area (Å²) in [7, 11) is -20.6. The summed E-state index contributed by atoms with van der Waals surface area (Å²) < 4.78 is 153. The van der Waals surface area contributed by atoms with E-state index in [0.717, 1.165) is 98.4 Å². The maximum atomic E-state index is 12.9. The molecule has 14 aromatic carbocycles. The number of sulfone groups is 6. The van der Waals surface area contributed by atoms with E-state index in [0.29, 0.717) is 98.7 Å². The Bertz CT molecular complexity index is 7720. The highest BCUT2D eigenvalue weighted by Crippen LogP contribution is 2.39. The highest BCUT2D eigenvalue weighted by molar-refractivity contribution is 9.10. The Morgan fingerprint density at radius 1 is 0.338 bits per heavy atom. The first-order chi connectivity index (χ1) is 68.9. The number of rotatable bonds is 35. The molecule has 0 amide bonds. The van der Waals surface area contributed by atoms with Gasteiger partial charge in [-0.25, -0.2) is 55.3 Å². The molecule has 145 heavy (non-hydrogen) atoms. The number of nitrogens with zero attached hydrogens (tertiary/aromatic N) is 1. The first-order valence-corrected chi connectivity index (χ1v) is 64.0. The van der Waals surface area contributed by atoms with Crippen LogP contribution in [0.4, 0.5) is 0 Å². The van der Waals surface area contributed by atoms with E-state index in [9.17, 15) is 55.3 Å². The molecule has 16 nitrogen and oxygen atoms in total. The summed E-state index contributed by atoms with van der Waals surface area (Å²) in [6.07, 6.45) is 7.74. The standard InChI is InChI=1S/C21H16Cl2O4S2.C21H19ClO2S2.C20H16BrClO2S2.C19H20ClNO2S2.C15H15ClO2S2.C13H14ClNO2S2/c22-17-5-8-19(9-6-17)29(26,27)13-16-11-18(23)7-10-20(16)28-12-14-1-3-15(4-2-14)21(24)25;1-16-7-10-20(11-8-16)26(23,24)15-18-13-19(22)9-12-21(18)25-14-17-5-3-2-4-6-17;21-18-8-4-5-9-20(18)26(23,24)14-16-12-17(22)10-11-19(16)25-13-15-6-2-1-3-7-15;1-2-4-15-5-8-18(9-6-15)25(22,23)14-16-13-17(20)7-10-19(16)24-12-3-11-21;1-11-3-6-14(7-4-11)20(17,18)10-12-9-13(16)5-8-15(12)19-2;1-9-5-12(7-15-9)19(16,17)8-10-6-11(14)3-4-13(10)18-2/h1-11H,12-13H2,(H,24,25);2-13H,14-15H2,1H3;1-12H,13-14H2;5-10,13H,2-4,12,14H2,1H3;3-9H,10H2,1-2H3;3-7,15H,8H2,1-2H3. The molecule has 15 aromatic rings. The molecule has 0 spiro atoms. The van der Waals surface area contributed by atoms with Crippen LogP contribution in [-0.4, -0.2) is 84.8 Å². The van der Waals surface area contributed by atoms with Crippen molar-refractivity contribution in [2.45, 2.75) is 157 Å². The minimum absolute atomic E-state index is 0.0349. The van der Waals surface area contributed by atoms with Gasteiger partial charge >= 0.3 is 5.97 Å². The first kappa shape index (κ1) is 119. The molecule has 15 rings (SSSR count). The molecule has 0 radical (unpaired) electrons. The lowest BCUT2D eigenvalue weighted by atomic mass is 10.1. The van der Waals surface area contributed by atoms with Gasteiger partial charge in [0.2, 0.25) is 0 Å². The zero-order chi connectivity index (χ0) is 105. The van der Waals surface area contributed by atoms with Crippen molar-refractivity contribution in [2.75, 3.05) is 18.3 Å². The monoisotopic (exact) mass is 2370 g/mol. The maximum Gasteiger partial charge on any atom is 0.335 e. The van der Waals surface area contributed by atoms with E-state index >= 15 is 0 Å². The largest absolute Gasteiger partial charge is 0.478 e. The Morgan fingerprint density at radius 3 is 0.952 bits per heavy atom. The van der Waals surface area contributed by atoms with Gasteiger partial charge in [-0.1, -0.05) is 227 Å². The molecule has 0 aliphatic carbocycles. The molecule has 0 saturated heterocycles. The number of aromatic amines is 1. The van der Waals surface area contributed by atoms with Crippen LogP contribution in [0, 0.1) is 32.1 Å². The van der Waals surface area contributed by atoms with Crippen LogP contribution in [0.2, 0.25) is 35.2 Å². The number of aromatic nitrogens is 1. The number of aromatic carboxylic acids is 1. The third kappa shape index (κ3) is 37.9. The zero-order valence-corrected chi connectivity index (χ0v) is 95.7. The van der Waals surface area contributed by atoms with E-state index in [-0.39, 0.29) is 45.0 Å². The van der Waals surface area contributed by atoms with Gasteiger partial charge in [-0.2, -0.15) is 5.26 Å². The first-order valence-electron chi connectivity index (χ1n) is 44.3. The number of carboxylic acids is 1. The van der Waals surface area contributed by atoms with Crippen LogP contribution < -0.4 is 0 Å². The quantitative estimate of drug-likeness (QED) is 0.0276. The fourth-order valence-corrected chi connectivity index (χ4v) is 30.1. The average molecular weight is 2370 g/mol. The summed E-state index contributed by atoms with van der Waals surface area (Å²) in [6.45, 7) is 7.78. The van der Waals surface area contributed by atoms with Crippen LogP contribution in [0.1, 0.15) is 103 Å². The molecular formula is C109H100BrCl7N2O14S12. The summed E-state index contributed by atoms with van der Waals surface area (Å²) in [5, 5.41) is 21.3. The normalized spacial score (nSPS) is 11.5. The molecule has 0 aliphatic heterocycles.